The molecule has 2 aromatic carbocycles. The van der Waals surface area contributed by atoms with Crippen molar-refractivity contribution in [1.29, 1.82) is 0 Å². The van der Waals surface area contributed by atoms with E-state index in [1.54, 1.807) is 25.3 Å². The number of carbonyl (C=O) groups is 1. The van der Waals surface area contributed by atoms with Crippen molar-refractivity contribution in [1.82, 2.24) is 4.31 Å². The first kappa shape index (κ1) is 17.0. The van der Waals surface area contributed by atoms with E-state index in [9.17, 15) is 13.2 Å². The van der Waals surface area contributed by atoms with E-state index in [2.05, 4.69) is 0 Å². The van der Waals surface area contributed by atoms with Gasteiger partial charge in [-0.25, -0.2) is 8.42 Å². The second-order valence-corrected chi connectivity index (χ2v) is 7.05. The Morgan fingerprint density at radius 3 is 2.39 bits per heavy atom. The molecule has 0 aromatic heterocycles. The molecule has 0 aliphatic rings. The van der Waals surface area contributed by atoms with E-state index in [-0.39, 0.29) is 17.0 Å². The van der Waals surface area contributed by atoms with Crippen LogP contribution in [0.3, 0.4) is 0 Å². The molecule has 0 heterocycles. The quantitative estimate of drug-likeness (QED) is 0.869. The van der Waals surface area contributed by atoms with Crippen LogP contribution < -0.4 is 10.5 Å². The minimum Gasteiger partial charge on any atom is -0.497 e. The molecule has 0 unspecified atom stereocenters. The van der Waals surface area contributed by atoms with E-state index in [1.165, 1.54) is 35.6 Å². The minimum atomic E-state index is -3.66. The molecule has 7 heteroatoms. The summed E-state index contributed by atoms with van der Waals surface area (Å²) in [7, 11) is -0.607. The largest absolute Gasteiger partial charge is 0.497 e. The summed E-state index contributed by atoms with van der Waals surface area (Å²) in [4.78, 5) is 11.2. The van der Waals surface area contributed by atoms with Gasteiger partial charge in [-0.15, -0.1) is 0 Å². The summed E-state index contributed by atoms with van der Waals surface area (Å²) >= 11 is 0. The normalized spacial score (nSPS) is 11.4. The molecule has 0 aliphatic carbocycles. The lowest BCUT2D eigenvalue weighted by Gasteiger charge is -2.17. The number of primary amides is 1. The molecule has 0 saturated carbocycles. The van der Waals surface area contributed by atoms with Crippen LogP contribution in [0.15, 0.2) is 53.4 Å². The number of benzene rings is 2. The number of amides is 1. The zero-order valence-electron chi connectivity index (χ0n) is 12.9. The fraction of sp³-hybridized carbons (Fsp3) is 0.188. The lowest BCUT2D eigenvalue weighted by atomic mass is 10.2. The lowest BCUT2D eigenvalue weighted by Crippen LogP contribution is -2.26. The number of nitrogens with zero attached hydrogens (tertiary/aromatic N) is 1. The Balaban J connectivity index is 2.22. The van der Waals surface area contributed by atoms with Crippen LogP contribution in [0, 0.1) is 0 Å². The first-order valence-corrected chi connectivity index (χ1v) is 8.27. The Hall–Kier alpha value is -2.38. The number of rotatable bonds is 6. The van der Waals surface area contributed by atoms with Crippen molar-refractivity contribution in [2.45, 2.75) is 11.4 Å². The van der Waals surface area contributed by atoms with E-state index >= 15 is 0 Å². The first-order valence-electron chi connectivity index (χ1n) is 6.83. The molecule has 1 amide bonds. The highest BCUT2D eigenvalue weighted by Gasteiger charge is 2.21. The average molecular weight is 334 g/mol. The number of sulfonamides is 1. The van der Waals surface area contributed by atoms with Gasteiger partial charge in [-0.3, -0.25) is 4.79 Å². The molecule has 0 aliphatic heterocycles. The highest BCUT2D eigenvalue weighted by atomic mass is 32.2. The van der Waals surface area contributed by atoms with Crippen molar-refractivity contribution < 1.29 is 17.9 Å². The number of hydrogen-bond acceptors (Lipinski definition) is 4. The molecule has 23 heavy (non-hydrogen) atoms. The number of nitrogens with two attached hydrogens (primary N) is 1. The van der Waals surface area contributed by atoms with Crippen LogP contribution in [0.5, 0.6) is 5.75 Å². The molecule has 0 radical (unpaired) electrons. The average Bonchev–Trinajstić information content (AvgIpc) is 2.55. The maximum Gasteiger partial charge on any atom is 0.248 e. The van der Waals surface area contributed by atoms with E-state index in [0.29, 0.717) is 5.75 Å². The van der Waals surface area contributed by atoms with Gasteiger partial charge in [0.05, 0.1) is 12.0 Å². The predicted octanol–water partition coefficient (Wildman–Crippen LogP) is 1.61. The van der Waals surface area contributed by atoms with E-state index in [0.717, 1.165) is 5.56 Å². The number of carbonyl (C=O) groups excluding carboxylic acids is 1. The molecule has 2 N–H and O–H groups in total. The van der Waals surface area contributed by atoms with Gasteiger partial charge in [0.15, 0.2) is 0 Å². The monoisotopic (exact) mass is 334 g/mol. The van der Waals surface area contributed by atoms with Gasteiger partial charge in [0, 0.05) is 19.2 Å². The highest BCUT2D eigenvalue weighted by molar-refractivity contribution is 7.89. The van der Waals surface area contributed by atoms with E-state index < -0.39 is 15.9 Å². The molecular weight excluding hydrogens is 316 g/mol. The molecule has 122 valence electrons. The van der Waals surface area contributed by atoms with Gasteiger partial charge >= 0.3 is 0 Å². The summed E-state index contributed by atoms with van der Waals surface area (Å²) in [6.45, 7) is 0.205. The molecule has 0 fully saturated rings. The Morgan fingerprint density at radius 2 is 1.83 bits per heavy atom. The van der Waals surface area contributed by atoms with Crippen LogP contribution in [0.4, 0.5) is 0 Å². The Kier molecular flexibility index (Phi) is 5.02. The SMILES string of the molecule is COc1cccc(CN(C)S(=O)(=O)c2ccc(C(N)=O)cc2)c1. The van der Waals surface area contributed by atoms with E-state index in [1.807, 2.05) is 6.07 Å². The maximum atomic E-state index is 12.6. The Labute approximate surface area is 135 Å². The molecule has 2 aromatic rings. The van der Waals surface area contributed by atoms with Crippen LogP contribution in [0.1, 0.15) is 15.9 Å². The lowest BCUT2D eigenvalue weighted by molar-refractivity contribution is 0.1000. The number of methoxy groups -OCH3 is 1. The fourth-order valence-electron chi connectivity index (χ4n) is 2.08. The number of ether oxygens (including phenoxy) is 1. The van der Waals surface area contributed by atoms with Crippen LogP contribution in [0.25, 0.3) is 0 Å². The third-order valence-corrected chi connectivity index (χ3v) is 5.20. The molecular formula is C16H18N2O4S. The van der Waals surface area contributed by atoms with Crippen molar-refractivity contribution in [2.24, 2.45) is 5.73 Å². The fourth-order valence-corrected chi connectivity index (χ4v) is 3.24. The third kappa shape index (κ3) is 3.88. The molecule has 0 atom stereocenters. The van der Waals surface area contributed by atoms with Crippen molar-refractivity contribution >= 4 is 15.9 Å². The summed E-state index contributed by atoms with van der Waals surface area (Å²) in [6, 6.07) is 12.7. The summed E-state index contributed by atoms with van der Waals surface area (Å²) in [6.07, 6.45) is 0. The number of hydrogen-bond donors (Lipinski definition) is 1. The zero-order chi connectivity index (χ0) is 17.0. The topological polar surface area (TPSA) is 89.7 Å². The van der Waals surface area contributed by atoms with Crippen molar-refractivity contribution in [3.05, 3.63) is 59.7 Å². The van der Waals surface area contributed by atoms with Gasteiger partial charge in [-0.2, -0.15) is 4.31 Å². The molecule has 0 bridgehead atoms. The standard InChI is InChI=1S/C16H18N2O4S/c1-18(11-12-4-3-5-14(10-12)22-2)23(20,21)15-8-6-13(7-9-15)16(17)19/h3-10H,11H2,1-2H3,(H2,17,19). The second-order valence-electron chi connectivity index (χ2n) is 5.00. The minimum absolute atomic E-state index is 0.105. The Bertz CT molecular complexity index is 801. The summed E-state index contributed by atoms with van der Waals surface area (Å²) in [5, 5.41) is 0. The molecule has 2 rings (SSSR count). The third-order valence-electron chi connectivity index (χ3n) is 3.39. The summed E-state index contributed by atoms with van der Waals surface area (Å²) < 4.78 is 31.5. The van der Waals surface area contributed by atoms with Gasteiger partial charge in [0.25, 0.3) is 0 Å². The van der Waals surface area contributed by atoms with Crippen LogP contribution in [0.2, 0.25) is 0 Å². The van der Waals surface area contributed by atoms with Crippen molar-refractivity contribution in [3.8, 4) is 5.75 Å². The van der Waals surface area contributed by atoms with Crippen LogP contribution in [-0.2, 0) is 16.6 Å². The van der Waals surface area contributed by atoms with Gasteiger partial charge in [0.2, 0.25) is 15.9 Å². The van der Waals surface area contributed by atoms with E-state index in [4.69, 9.17) is 10.5 Å². The van der Waals surface area contributed by atoms with Crippen molar-refractivity contribution in [2.75, 3.05) is 14.2 Å². The van der Waals surface area contributed by atoms with Gasteiger partial charge in [-0.05, 0) is 42.0 Å². The van der Waals surface area contributed by atoms with Gasteiger partial charge < -0.3 is 10.5 Å². The smallest absolute Gasteiger partial charge is 0.248 e. The Morgan fingerprint density at radius 1 is 1.17 bits per heavy atom. The molecule has 6 nitrogen and oxygen atoms in total. The van der Waals surface area contributed by atoms with Gasteiger partial charge in [0.1, 0.15) is 5.75 Å². The van der Waals surface area contributed by atoms with Gasteiger partial charge in [-0.1, -0.05) is 12.1 Å². The second kappa shape index (κ2) is 6.80. The zero-order valence-corrected chi connectivity index (χ0v) is 13.7. The maximum absolute atomic E-state index is 12.6. The highest BCUT2D eigenvalue weighted by Crippen LogP contribution is 2.19. The predicted molar refractivity (Wildman–Crippen MR) is 86.6 cm³/mol. The van der Waals surface area contributed by atoms with Crippen LogP contribution >= 0.6 is 0 Å². The van der Waals surface area contributed by atoms with Crippen LogP contribution in [-0.4, -0.2) is 32.8 Å². The molecule has 0 saturated heterocycles. The summed E-state index contributed by atoms with van der Waals surface area (Å²) in [5.74, 6) is 0.0674. The summed E-state index contributed by atoms with van der Waals surface area (Å²) in [5.41, 5.74) is 6.22. The molecule has 0 spiro atoms. The first-order chi connectivity index (χ1) is 10.8. The van der Waals surface area contributed by atoms with Crippen molar-refractivity contribution in [3.63, 3.8) is 0 Å².